The summed E-state index contributed by atoms with van der Waals surface area (Å²) in [5.74, 6) is -1.29. The summed E-state index contributed by atoms with van der Waals surface area (Å²) in [6, 6.07) is 6.73. The van der Waals surface area contributed by atoms with E-state index in [4.69, 9.17) is 28.9 Å². The number of halogens is 2. The second-order valence-electron chi connectivity index (χ2n) is 7.56. The van der Waals surface area contributed by atoms with E-state index in [-0.39, 0.29) is 36.5 Å². The molecular formula is C20H21Cl2N5O3. The Morgan fingerprint density at radius 1 is 1.17 bits per heavy atom. The minimum Gasteiger partial charge on any atom is -0.369 e. The van der Waals surface area contributed by atoms with Crippen molar-refractivity contribution >= 4 is 40.9 Å². The lowest BCUT2D eigenvalue weighted by Gasteiger charge is -2.30. The number of carbonyl (C=O) groups excluding carboxylic acids is 3. The number of hydrogen-bond acceptors (Lipinski definition) is 4. The highest BCUT2D eigenvalue weighted by Crippen LogP contribution is 2.27. The molecule has 1 fully saturated rings. The molecule has 8 nitrogen and oxygen atoms in total. The number of carbonyl (C=O) groups is 3. The van der Waals surface area contributed by atoms with Gasteiger partial charge in [0.1, 0.15) is 5.69 Å². The fraction of sp³-hybridized carbons (Fsp3) is 0.400. The molecule has 2 aliphatic heterocycles. The first kappa shape index (κ1) is 20.7. The summed E-state index contributed by atoms with van der Waals surface area (Å²) in [6.07, 6.45) is 1.38. The lowest BCUT2D eigenvalue weighted by atomic mass is 9.97. The second-order valence-corrected chi connectivity index (χ2v) is 8.37. The molecule has 1 atom stereocenters. The van der Waals surface area contributed by atoms with E-state index in [2.05, 4.69) is 5.10 Å². The maximum Gasteiger partial charge on any atom is 0.274 e. The number of primary amides is 1. The van der Waals surface area contributed by atoms with Gasteiger partial charge >= 0.3 is 0 Å². The van der Waals surface area contributed by atoms with E-state index in [1.54, 1.807) is 32.7 Å². The van der Waals surface area contributed by atoms with E-state index in [1.807, 2.05) is 0 Å². The van der Waals surface area contributed by atoms with Crippen molar-refractivity contribution in [3.8, 4) is 0 Å². The number of nitrogens with zero attached hydrogens (tertiary/aromatic N) is 4. The molecule has 0 unspecified atom stereocenters. The first-order valence-electron chi connectivity index (χ1n) is 9.73. The predicted molar refractivity (Wildman–Crippen MR) is 111 cm³/mol. The Bertz CT molecular complexity index is 1000. The van der Waals surface area contributed by atoms with Gasteiger partial charge in [0.2, 0.25) is 5.91 Å². The van der Waals surface area contributed by atoms with Gasteiger partial charge in [0.25, 0.3) is 11.8 Å². The maximum atomic E-state index is 13.0. The van der Waals surface area contributed by atoms with Crippen LogP contribution in [0.5, 0.6) is 0 Å². The van der Waals surface area contributed by atoms with Crippen LogP contribution in [-0.2, 0) is 17.9 Å². The van der Waals surface area contributed by atoms with E-state index in [1.165, 1.54) is 6.07 Å². The number of rotatable bonds is 4. The largest absolute Gasteiger partial charge is 0.369 e. The van der Waals surface area contributed by atoms with Crippen LogP contribution in [0, 0.1) is 5.92 Å². The summed E-state index contributed by atoms with van der Waals surface area (Å²) >= 11 is 12.5. The topological polar surface area (TPSA) is 102 Å². The summed E-state index contributed by atoms with van der Waals surface area (Å²) < 4.78 is 1.55. The minimum atomic E-state index is -0.402. The number of likely N-dealkylation sites (tertiary alicyclic amines) is 1. The van der Waals surface area contributed by atoms with Crippen LogP contribution in [0.1, 0.15) is 39.4 Å². The van der Waals surface area contributed by atoms with E-state index in [0.717, 1.165) is 0 Å². The number of piperidine rings is 1. The first-order valence-corrected chi connectivity index (χ1v) is 10.5. The van der Waals surface area contributed by atoms with E-state index < -0.39 is 5.91 Å². The van der Waals surface area contributed by atoms with Gasteiger partial charge in [0, 0.05) is 47.9 Å². The highest BCUT2D eigenvalue weighted by atomic mass is 35.5. The Kier molecular flexibility index (Phi) is 5.71. The number of aromatic nitrogens is 2. The highest BCUT2D eigenvalue weighted by Gasteiger charge is 2.32. The van der Waals surface area contributed by atoms with Gasteiger partial charge in [-0.15, -0.1) is 0 Å². The molecule has 1 aromatic heterocycles. The SMILES string of the molecule is NC(=O)[C@@H]1CCCN(C(=O)c2cc3n(n2)CCN(Cc2c(Cl)cccc2Cl)C3=O)C1. The zero-order chi connectivity index (χ0) is 21.4. The highest BCUT2D eigenvalue weighted by molar-refractivity contribution is 6.36. The first-order chi connectivity index (χ1) is 14.3. The number of benzene rings is 1. The van der Waals surface area contributed by atoms with Gasteiger partial charge in [-0.05, 0) is 25.0 Å². The van der Waals surface area contributed by atoms with Crippen LogP contribution in [0.4, 0.5) is 0 Å². The van der Waals surface area contributed by atoms with E-state index in [9.17, 15) is 14.4 Å². The van der Waals surface area contributed by atoms with Gasteiger partial charge in [0.05, 0.1) is 12.5 Å². The lowest BCUT2D eigenvalue weighted by molar-refractivity contribution is -0.123. The van der Waals surface area contributed by atoms with Crippen molar-refractivity contribution in [1.82, 2.24) is 19.6 Å². The Morgan fingerprint density at radius 2 is 1.90 bits per heavy atom. The Hall–Kier alpha value is -2.58. The normalized spacial score (nSPS) is 19.0. The zero-order valence-electron chi connectivity index (χ0n) is 16.2. The maximum absolute atomic E-state index is 13.0. The molecule has 2 N–H and O–H groups in total. The van der Waals surface area contributed by atoms with E-state index >= 15 is 0 Å². The summed E-state index contributed by atoms with van der Waals surface area (Å²) in [7, 11) is 0. The van der Waals surface area contributed by atoms with Crippen LogP contribution >= 0.6 is 23.2 Å². The number of nitrogens with two attached hydrogens (primary N) is 1. The van der Waals surface area contributed by atoms with Crippen molar-refractivity contribution in [2.24, 2.45) is 11.7 Å². The molecule has 2 aromatic rings. The Morgan fingerprint density at radius 3 is 2.60 bits per heavy atom. The molecule has 0 saturated carbocycles. The molecule has 158 valence electrons. The molecule has 30 heavy (non-hydrogen) atoms. The van der Waals surface area contributed by atoms with Gasteiger partial charge in [-0.1, -0.05) is 29.3 Å². The van der Waals surface area contributed by atoms with Gasteiger partial charge in [-0.3, -0.25) is 19.1 Å². The average Bonchev–Trinajstić information content (AvgIpc) is 3.17. The molecule has 0 aliphatic carbocycles. The molecule has 3 amide bonds. The molecule has 10 heteroatoms. The third-order valence-corrected chi connectivity index (χ3v) is 6.32. The third kappa shape index (κ3) is 3.89. The van der Waals surface area contributed by atoms with Crippen LogP contribution < -0.4 is 5.73 Å². The van der Waals surface area contributed by atoms with Crippen LogP contribution in [-0.4, -0.2) is 56.9 Å². The van der Waals surface area contributed by atoms with Gasteiger partial charge < -0.3 is 15.5 Å². The average molecular weight is 450 g/mol. The second kappa shape index (κ2) is 8.28. The summed E-state index contributed by atoms with van der Waals surface area (Å²) in [4.78, 5) is 40.6. The van der Waals surface area contributed by atoms with Crippen molar-refractivity contribution in [3.05, 3.63) is 51.3 Å². The Labute approximate surface area is 183 Å². The molecule has 3 heterocycles. The molecule has 1 saturated heterocycles. The molecule has 4 rings (SSSR count). The standard InChI is InChI=1S/C20H21Cl2N5O3/c21-14-4-1-5-15(22)13(14)11-26-7-8-27-17(20(26)30)9-16(24-27)19(29)25-6-2-3-12(10-25)18(23)28/h1,4-5,9,12H,2-3,6-8,10-11H2,(H2,23,28)/t12-/m1/s1. The predicted octanol–water partition coefficient (Wildman–Crippen LogP) is 2.18. The molecular weight excluding hydrogens is 429 g/mol. The van der Waals surface area contributed by atoms with Crippen LogP contribution in [0.2, 0.25) is 10.0 Å². The van der Waals surface area contributed by atoms with Crippen LogP contribution in [0.3, 0.4) is 0 Å². The monoisotopic (exact) mass is 449 g/mol. The quantitative estimate of drug-likeness (QED) is 0.772. The van der Waals surface area contributed by atoms with Crippen molar-refractivity contribution in [2.75, 3.05) is 19.6 Å². The molecule has 1 aromatic carbocycles. The number of hydrogen-bond donors (Lipinski definition) is 1. The molecule has 0 bridgehead atoms. The summed E-state index contributed by atoms with van der Waals surface area (Å²) in [5.41, 5.74) is 6.62. The number of fused-ring (bicyclic) bond motifs is 1. The third-order valence-electron chi connectivity index (χ3n) is 5.61. The van der Waals surface area contributed by atoms with Gasteiger partial charge in [-0.25, -0.2) is 0 Å². The van der Waals surface area contributed by atoms with Crippen molar-refractivity contribution in [1.29, 1.82) is 0 Å². The van der Waals surface area contributed by atoms with Gasteiger partial charge in [0.15, 0.2) is 5.69 Å². The number of amides is 3. The summed E-state index contributed by atoms with van der Waals surface area (Å²) in [6.45, 7) is 1.98. The fourth-order valence-electron chi connectivity index (χ4n) is 3.92. The van der Waals surface area contributed by atoms with Gasteiger partial charge in [-0.2, -0.15) is 5.10 Å². The van der Waals surface area contributed by atoms with E-state index in [0.29, 0.717) is 53.8 Å². The molecule has 0 spiro atoms. The summed E-state index contributed by atoms with van der Waals surface area (Å²) in [5, 5.41) is 5.33. The lowest BCUT2D eigenvalue weighted by Crippen LogP contribution is -2.44. The fourth-order valence-corrected chi connectivity index (χ4v) is 4.44. The van der Waals surface area contributed by atoms with Crippen molar-refractivity contribution in [3.63, 3.8) is 0 Å². The van der Waals surface area contributed by atoms with Crippen molar-refractivity contribution < 1.29 is 14.4 Å². The zero-order valence-corrected chi connectivity index (χ0v) is 17.7. The van der Waals surface area contributed by atoms with Crippen LogP contribution in [0.15, 0.2) is 24.3 Å². The molecule has 0 radical (unpaired) electrons. The van der Waals surface area contributed by atoms with Crippen LogP contribution in [0.25, 0.3) is 0 Å². The minimum absolute atomic E-state index is 0.195. The Balaban J connectivity index is 1.52. The van der Waals surface area contributed by atoms with Crippen molar-refractivity contribution in [2.45, 2.75) is 25.9 Å². The smallest absolute Gasteiger partial charge is 0.274 e. The molecule has 2 aliphatic rings.